The Hall–Kier alpha value is -0.510. The van der Waals surface area contributed by atoms with E-state index in [4.69, 9.17) is 0 Å². The van der Waals surface area contributed by atoms with Crippen LogP contribution in [-0.2, 0) is 0 Å². The van der Waals surface area contributed by atoms with Gasteiger partial charge in [0, 0.05) is 12.3 Å². The molecule has 0 bridgehead atoms. The van der Waals surface area contributed by atoms with Gasteiger partial charge in [-0.05, 0) is 17.9 Å². The van der Waals surface area contributed by atoms with Gasteiger partial charge in [-0.2, -0.15) is 13.6 Å². The van der Waals surface area contributed by atoms with Gasteiger partial charge in [-0.15, -0.1) is 0 Å². The number of hydrogen-bond acceptors (Lipinski definition) is 2. The van der Waals surface area contributed by atoms with Crippen LogP contribution in [0.4, 0.5) is 4.39 Å². The van der Waals surface area contributed by atoms with Gasteiger partial charge < -0.3 is 0 Å². The largest absolute Gasteiger partial charge is 0.222 e. The van der Waals surface area contributed by atoms with E-state index >= 15 is 0 Å². The fourth-order valence-corrected chi connectivity index (χ4v) is 1.17. The van der Waals surface area contributed by atoms with Crippen molar-refractivity contribution in [2.75, 3.05) is 6.26 Å². The molecule has 0 fully saturated rings. The van der Waals surface area contributed by atoms with E-state index in [1.807, 2.05) is 13.8 Å². The predicted octanol–water partition coefficient (Wildman–Crippen LogP) is 2.27. The molecule has 4 heteroatoms. The molecule has 0 aliphatic heterocycles. The first-order chi connectivity index (χ1) is 5.15. The van der Waals surface area contributed by atoms with E-state index in [2.05, 4.69) is 5.10 Å². The zero-order valence-corrected chi connectivity index (χ0v) is 7.65. The van der Waals surface area contributed by atoms with Crippen molar-refractivity contribution in [1.82, 2.24) is 9.19 Å². The lowest BCUT2D eigenvalue weighted by atomic mass is 10.1. The van der Waals surface area contributed by atoms with Crippen molar-refractivity contribution in [3.63, 3.8) is 0 Å². The van der Waals surface area contributed by atoms with Crippen molar-refractivity contribution in [3.05, 3.63) is 17.7 Å². The van der Waals surface area contributed by atoms with Gasteiger partial charge in [0.2, 0.25) is 5.95 Å². The molecule has 1 aromatic rings. The van der Waals surface area contributed by atoms with Crippen molar-refractivity contribution in [3.8, 4) is 0 Å². The first kappa shape index (κ1) is 8.59. The lowest BCUT2D eigenvalue weighted by Gasteiger charge is -1.96. The highest BCUT2D eigenvalue weighted by atomic mass is 32.2. The van der Waals surface area contributed by atoms with E-state index in [0.717, 1.165) is 5.69 Å². The minimum Gasteiger partial charge on any atom is -0.184 e. The summed E-state index contributed by atoms with van der Waals surface area (Å²) in [5.74, 6) is 0.0131. The SMILES string of the molecule is CSn1nc(C(C)C)cc1F. The molecule has 62 valence electrons. The Morgan fingerprint density at radius 3 is 2.55 bits per heavy atom. The van der Waals surface area contributed by atoms with Crippen LogP contribution in [0.3, 0.4) is 0 Å². The second-order valence-electron chi connectivity index (χ2n) is 2.60. The summed E-state index contributed by atoms with van der Waals surface area (Å²) >= 11 is 1.26. The van der Waals surface area contributed by atoms with Crippen LogP contribution in [0.25, 0.3) is 0 Å². The molecule has 2 nitrogen and oxygen atoms in total. The molecule has 11 heavy (non-hydrogen) atoms. The molecule has 0 radical (unpaired) electrons. The van der Waals surface area contributed by atoms with Crippen LogP contribution in [0, 0.1) is 5.95 Å². The Labute approximate surface area is 69.9 Å². The Balaban J connectivity index is 2.95. The molecule has 1 rings (SSSR count). The Bertz CT molecular complexity index is 245. The van der Waals surface area contributed by atoms with Crippen LogP contribution in [0.15, 0.2) is 6.07 Å². The molecule has 0 aliphatic rings. The summed E-state index contributed by atoms with van der Waals surface area (Å²) in [6.07, 6.45) is 1.79. The molecule has 0 aliphatic carbocycles. The van der Waals surface area contributed by atoms with Crippen LogP contribution in [0.5, 0.6) is 0 Å². The molecule has 0 saturated heterocycles. The molecule has 1 heterocycles. The summed E-state index contributed by atoms with van der Waals surface area (Å²) < 4.78 is 14.1. The van der Waals surface area contributed by atoms with Gasteiger partial charge in [0.25, 0.3) is 0 Å². The van der Waals surface area contributed by atoms with Gasteiger partial charge in [-0.1, -0.05) is 13.8 Å². The van der Waals surface area contributed by atoms with Crippen molar-refractivity contribution in [2.24, 2.45) is 0 Å². The maximum Gasteiger partial charge on any atom is 0.222 e. The van der Waals surface area contributed by atoms with Crippen LogP contribution >= 0.6 is 11.9 Å². The summed E-state index contributed by atoms with van der Waals surface area (Å²) in [6.45, 7) is 3.98. The minimum atomic E-state index is -0.277. The Kier molecular flexibility index (Phi) is 2.54. The van der Waals surface area contributed by atoms with Gasteiger partial charge in [0.05, 0.1) is 5.69 Å². The molecule has 0 unspecified atom stereocenters. The van der Waals surface area contributed by atoms with Crippen molar-refractivity contribution in [1.29, 1.82) is 0 Å². The second kappa shape index (κ2) is 3.26. The molecule has 0 amide bonds. The van der Waals surface area contributed by atoms with E-state index in [0.29, 0.717) is 0 Å². The Morgan fingerprint density at radius 1 is 1.64 bits per heavy atom. The number of hydrogen-bond donors (Lipinski definition) is 0. The fraction of sp³-hybridized carbons (Fsp3) is 0.571. The molecular weight excluding hydrogens is 163 g/mol. The molecule has 1 aromatic heterocycles. The standard InChI is InChI=1S/C7H11FN2S/c1-5(2)6-4-7(8)10(9-6)11-3/h4-5H,1-3H3. The second-order valence-corrected chi connectivity index (χ2v) is 3.31. The Morgan fingerprint density at radius 2 is 2.27 bits per heavy atom. The number of halogens is 1. The number of rotatable bonds is 2. The third-order valence-electron chi connectivity index (χ3n) is 1.42. The van der Waals surface area contributed by atoms with E-state index < -0.39 is 0 Å². The molecule has 0 aromatic carbocycles. The van der Waals surface area contributed by atoms with Crippen molar-refractivity contribution < 1.29 is 4.39 Å². The predicted molar refractivity (Wildman–Crippen MR) is 45.2 cm³/mol. The molecule has 0 N–H and O–H groups in total. The smallest absolute Gasteiger partial charge is 0.184 e. The van der Waals surface area contributed by atoms with Crippen LogP contribution < -0.4 is 0 Å². The van der Waals surface area contributed by atoms with E-state index in [1.54, 1.807) is 6.26 Å². The summed E-state index contributed by atoms with van der Waals surface area (Å²) in [5.41, 5.74) is 0.803. The van der Waals surface area contributed by atoms with Gasteiger partial charge in [0.15, 0.2) is 0 Å². The summed E-state index contributed by atoms with van der Waals surface area (Å²) in [4.78, 5) is 0. The summed E-state index contributed by atoms with van der Waals surface area (Å²) in [5, 5.41) is 4.03. The van der Waals surface area contributed by atoms with Crippen LogP contribution in [-0.4, -0.2) is 15.4 Å². The average molecular weight is 174 g/mol. The topological polar surface area (TPSA) is 17.8 Å². The van der Waals surface area contributed by atoms with Gasteiger partial charge in [0.1, 0.15) is 0 Å². The van der Waals surface area contributed by atoms with E-state index in [1.165, 1.54) is 22.1 Å². The van der Waals surface area contributed by atoms with Crippen molar-refractivity contribution >= 4 is 11.9 Å². The highest BCUT2D eigenvalue weighted by molar-refractivity contribution is 7.97. The van der Waals surface area contributed by atoms with Gasteiger partial charge >= 0.3 is 0 Å². The molecular formula is C7H11FN2S. The average Bonchev–Trinajstić information content (AvgIpc) is 2.31. The summed E-state index contributed by atoms with van der Waals surface area (Å²) in [6, 6.07) is 1.47. The van der Waals surface area contributed by atoms with Gasteiger partial charge in [-0.25, -0.2) is 0 Å². The van der Waals surface area contributed by atoms with E-state index in [9.17, 15) is 4.39 Å². The lowest BCUT2D eigenvalue weighted by Crippen LogP contribution is -1.93. The lowest BCUT2D eigenvalue weighted by molar-refractivity contribution is 0.563. The number of aromatic nitrogens is 2. The minimum absolute atomic E-state index is 0.277. The first-order valence-corrected chi connectivity index (χ1v) is 4.63. The normalized spacial score (nSPS) is 11.0. The molecule has 0 spiro atoms. The first-order valence-electron chi connectivity index (χ1n) is 3.45. The fourth-order valence-electron chi connectivity index (χ4n) is 0.769. The number of nitrogens with zero attached hydrogens (tertiary/aromatic N) is 2. The van der Waals surface area contributed by atoms with Crippen LogP contribution in [0.2, 0.25) is 0 Å². The van der Waals surface area contributed by atoms with Crippen LogP contribution in [0.1, 0.15) is 25.5 Å². The highest BCUT2D eigenvalue weighted by Gasteiger charge is 2.08. The maximum atomic E-state index is 12.9. The summed E-state index contributed by atoms with van der Waals surface area (Å²) in [7, 11) is 0. The van der Waals surface area contributed by atoms with E-state index in [-0.39, 0.29) is 11.9 Å². The maximum absolute atomic E-state index is 12.9. The zero-order chi connectivity index (χ0) is 8.43. The third kappa shape index (κ3) is 1.74. The quantitative estimate of drug-likeness (QED) is 0.684. The van der Waals surface area contributed by atoms with Gasteiger partial charge in [-0.3, -0.25) is 0 Å². The third-order valence-corrected chi connectivity index (χ3v) is 2.02. The molecule has 0 atom stereocenters. The van der Waals surface area contributed by atoms with Crippen molar-refractivity contribution in [2.45, 2.75) is 19.8 Å². The highest BCUT2D eigenvalue weighted by Crippen LogP contribution is 2.15. The molecule has 0 saturated carbocycles. The monoisotopic (exact) mass is 174 g/mol. The zero-order valence-electron chi connectivity index (χ0n) is 6.84.